The molecule has 4 fully saturated rings. The molecule has 81 heavy (non-hydrogen) atoms. The Bertz CT molecular complexity index is 3320. The molecule has 19 heteroatoms. The molecule has 10 rings (SSSR count). The van der Waals surface area contributed by atoms with Crippen LogP contribution in [0.4, 0.5) is 14.6 Å². The fourth-order valence-corrected chi connectivity index (χ4v) is 13.0. The Labute approximate surface area is 476 Å². The van der Waals surface area contributed by atoms with Gasteiger partial charge in [-0.25, -0.2) is 13.8 Å². The van der Waals surface area contributed by atoms with E-state index in [0.717, 1.165) is 92.6 Å². The molecule has 3 unspecified atom stereocenters. The maximum Gasteiger partial charge on any atom is 0.319 e. The van der Waals surface area contributed by atoms with Gasteiger partial charge in [0, 0.05) is 74.8 Å². The average Bonchev–Trinajstić information content (AvgIpc) is 4.21. The number of aromatic nitrogens is 4. The molecule has 0 spiro atoms. The Hall–Kier alpha value is -6.85. The zero-order valence-electron chi connectivity index (χ0n) is 46.9. The highest BCUT2D eigenvalue weighted by Gasteiger charge is 2.45. The second-order valence-corrected chi connectivity index (χ2v) is 24.5. The summed E-state index contributed by atoms with van der Waals surface area (Å²) in [5, 5.41) is 32.3. The third kappa shape index (κ3) is 12.9. The lowest BCUT2D eigenvalue weighted by atomic mass is 9.85. The summed E-state index contributed by atoms with van der Waals surface area (Å²) < 4.78 is 38.6. The summed E-state index contributed by atoms with van der Waals surface area (Å²) in [4.78, 5) is 66.9. The van der Waals surface area contributed by atoms with Gasteiger partial charge in [-0.15, -0.1) is 17.8 Å². The fourth-order valence-electron chi connectivity index (χ4n) is 12.2. The number of pyridine rings is 1. The van der Waals surface area contributed by atoms with Crippen LogP contribution in [0.25, 0.3) is 43.4 Å². The molecule has 4 aliphatic rings. The minimum atomic E-state index is -0.880. The maximum absolute atomic E-state index is 17.1. The summed E-state index contributed by atoms with van der Waals surface area (Å²) in [5.41, 5.74) is 4.10. The van der Waals surface area contributed by atoms with Crippen molar-refractivity contribution in [2.45, 2.75) is 154 Å². The van der Waals surface area contributed by atoms with Crippen molar-refractivity contribution in [1.29, 1.82) is 0 Å². The van der Waals surface area contributed by atoms with Gasteiger partial charge in [0.1, 0.15) is 46.8 Å². The van der Waals surface area contributed by atoms with E-state index in [1.807, 2.05) is 64.4 Å². The van der Waals surface area contributed by atoms with Crippen molar-refractivity contribution >= 4 is 56.6 Å². The van der Waals surface area contributed by atoms with Crippen LogP contribution in [0.5, 0.6) is 11.8 Å². The van der Waals surface area contributed by atoms with Gasteiger partial charge >= 0.3 is 6.01 Å². The first-order valence-corrected chi connectivity index (χ1v) is 29.6. The molecule has 3 aromatic heterocycles. The van der Waals surface area contributed by atoms with Crippen molar-refractivity contribution < 1.29 is 38.1 Å². The number of rotatable bonds is 20. The van der Waals surface area contributed by atoms with Crippen molar-refractivity contribution in [3.05, 3.63) is 88.7 Å². The van der Waals surface area contributed by atoms with Crippen LogP contribution >= 0.6 is 11.3 Å². The van der Waals surface area contributed by atoms with Gasteiger partial charge in [-0.05, 0) is 92.6 Å². The number of unbranched alkanes of at least 4 members (excludes halogenated alkanes) is 6. The lowest BCUT2D eigenvalue weighted by Gasteiger charge is -2.35. The number of nitrogens with zero attached hydrogens (tertiary/aromatic N) is 7. The molecule has 4 saturated heterocycles. The number of thiazole rings is 1. The second kappa shape index (κ2) is 24.7. The molecule has 4 aliphatic heterocycles. The third-order valence-electron chi connectivity index (χ3n) is 16.6. The number of piperazine rings is 1. The van der Waals surface area contributed by atoms with Crippen LogP contribution in [0.3, 0.4) is 0 Å². The molecule has 428 valence electrons. The fraction of sp³-hybridized carbons (Fsp3) is 0.500. The zero-order valence-corrected chi connectivity index (χ0v) is 47.8. The van der Waals surface area contributed by atoms with Gasteiger partial charge in [0.05, 0.1) is 39.2 Å². The highest BCUT2D eigenvalue weighted by molar-refractivity contribution is 7.13. The van der Waals surface area contributed by atoms with Crippen molar-refractivity contribution in [3.8, 4) is 45.8 Å². The molecule has 7 atom stereocenters. The number of aromatic hydroxyl groups is 1. The van der Waals surface area contributed by atoms with Crippen LogP contribution in [0.15, 0.2) is 60.2 Å². The van der Waals surface area contributed by atoms with Gasteiger partial charge in [-0.2, -0.15) is 9.97 Å². The van der Waals surface area contributed by atoms with Crippen molar-refractivity contribution in [2.24, 2.45) is 5.41 Å². The van der Waals surface area contributed by atoms with E-state index < -0.39 is 35.2 Å². The van der Waals surface area contributed by atoms with Gasteiger partial charge in [0.15, 0.2) is 5.82 Å². The maximum atomic E-state index is 17.1. The first kappa shape index (κ1) is 57.4. The van der Waals surface area contributed by atoms with Crippen molar-refractivity contribution in [2.75, 3.05) is 44.2 Å². The van der Waals surface area contributed by atoms with Gasteiger partial charge in [0.2, 0.25) is 17.7 Å². The van der Waals surface area contributed by atoms with Crippen LogP contribution in [0.1, 0.15) is 128 Å². The quantitative estimate of drug-likeness (QED) is 0.0359. The number of benzene rings is 3. The molecular weight excluding hydrogens is 1050 g/mol. The third-order valence-corrected chi connectivity index (χ3v) is 17.5. The number of aryl methyl sites for hydroxylation is 1. The highest BCUT2D eigenvalue weighted by atomic mass is 32.1. The first-order chi connectivity index (χ1) is 38.9. The van der Waals surface area contributed by atoms with Gasteiger partial charge in [0.25, 0.3) is 0 Å². The van der Waals surface area contributed by atoms with E-state index in [2.05, 4.69) is 46.6 Å². The molecule has 0 radical (unpaired) electrons. The first-order valence-electron chi connectivity index (χ1n) is 28.7. The Morgan fingerprint density at radius 1 is 0.926 bits per heavy atom. The number of aliphatic hydroxyl groups is 1. The molecule has 2 bridgehead atoms. The van der Waals surface area contributed by atoms with Crippen molar-refractivity contribution in [1.82, 2.24) is 45.7 Å². The molecule has 0 aliphatic carbocycles. The SMILES string of the molecule is C#Cc1c(F)ccc2cc(O)cc(-c3ncc4c(N5CC6CCC(C5)N6)nc(O[C@@H]5CCN(CCCCCCCCCC(=O)NC(C(=O)N6C[C@H](O)C[C@H]6C(=O)N[C@@H](C)c6ccc(-c7scnc7C)cc6)C(C)(C)C)C5)nc4c3F)c12. The predicted molar refractivity (Wildman–Crippen MR) is 311 cm³/mol. The average molecular weight is 1130 g/mol. The number of aliphatic hydroxyl groups excluding tert-OH is 1. The van der Waals surface area contributed by atoms with E-state index >= 15 is 8.78 Å². The lowest BCUT2D eigenvalue weighted by molar-refractivity contribution is -0.144. The van der Waals surface area contributed by atoms with E-state index in [9.17, 15) is 24.6 Å². The zero-order chi connectivity index (χ0) is 57.1. The smallest absolute Gasteiger partial charge is 0.319 e. The topological polar surface area (TPSA) is 198 Å². The van der Waals surface area contributed by atoms with Crippen LogP contribution in [0.2, 0.25) is 0 Å². The summed E-state index contributed by atoms with van der Waals surface area (Å²) in [7, 11) is 0. The molecule has 3 amide bonds. The second-order valence-electron chi connectivity index (χ2n) is 23.6. The van der Waals surface area contributed by atoms with E-state index in [1.54, 1.807) is 17.5 Å². The number of carbonyl (C=O) groups excluding carboxylic acids is 3. The Morgan fingerprint density at radius 2 is 1.65 bits per heavy atom. The summed E-state index contributed by atoms with van der Waals surface area (Å²) >= 11 is 1.58. The normalized spacial score (nSPS) is 20.9. The molecule has 6 aromatic rings. The lowest BCUT2D eigenvalue weighted by Crippen LogP contribution is -2.57. The molecule has 3 aromatic carbocycles. The molecule has 7 heterocycles. The molecular formula is C62H74F2N10O6S. The Balaban J connectivity index is 0.677. The van der Waals surface area contributed by atoms with E-state index in [1.165, 1.54) is 29.2 Å². The predicted octanol–water partition coefficient (Wildman–Crippen LogP) is 9.13. The number of phenolic OH excluding ortho intramolecular Hbond substituents is 1. The van der Waals surface area contributed by atoms with Crippen LogP contribution in [-0.4, -0.2) is 133 Å². The number of likely N-dealkylation sites (tertiary alicyclic amines) is 2. The van der Waals surface area contributed by atoms with Crippen molar-refractivity contribution in [3.63, 3.8) is 0 Å². The Morgan fingerprint density at radius 3 is 2.36 bits per heavy atom. The number of hydrogen-bond donors (Lipinski definition) is 5. The number of nitrogens with one attached hydrogen (secondary N) is 3. The number of hydrogen-bond acceptors (Lipinski definition) is 14. The number of carbonyl (C=O) groups is 3. The van der Waals surface area contributed by atoms with Gasteiger partial charge in [-0.3, -0.25) is 24.3 Å². The summed E-state index contributed by atoms with van der Waals surface area (Å²) in [6, 6.07) is 12.0. The Kier molecular flexibility index (Phi) is 17.5. The number of ether oxygens (including phenoxy) is 1. The van der Waals surface area contributed by atoms with Gasteiger partial charge < -0.3 is 40.7 Å². The standard InChI is InChI=1S/C62H74F2N10O6S/c1-7-46-49(63)23-20-40-27-43(75)28-47(52(40)46)54-53(64)55-48(30-65-54)58(73-31-41-21-22-42(32-73)68-41)71-61(70-55)80-45-24-26-72(34-45)25-14-12-10-8-9-11-13-15-51(77)69-57(62(4,5)6)60(79)74-33-44(76)29-50(74)59(78)67-36(2)38-16-18-39(19-17-38)56-37(3)66-35-81-56/h1,16-20,23,27-28,30,35-36,41-42,44-45,50,57,68,75-76H,8-15,21-22,24-26,29,31-34H2,2-6H3,(H,67,78)(H,69,77)/t36-,41?,42?,44+,45+,50-,57?/m0/s1. The minimum Gasteiger partial charge on any atom is -0.508 e. The number of terminal acetylenes is 1. The summed E-state index contributed by atoms with van der Waals surface area (Å²) in [6.45, 7) is 13.4. The molecule has 16 nitrogen and oxygen atoms in total. The summed E-state index contributed by atoms with van der Waals surface area (Å²) in [6.07, 6.45) is 16.2. The van der Waals surface area contributed by atoms with E-state index in [0.29, 0.717) is 42.6 Å². The number of phenols is 1. The van der Waals surface area contributed by atoms with Crippen LogP contribution in [-0.2, 0) is 14.4 Å². The number of amides is 3. The summed E-state index contributed by atoms with van der Waals surface area (Å²) in [5.74, 6) is 0.485. The monoisotopic (exact) mass is 1120 g/mol. The largest absolute Gasteiger partial charge is 0.508 e. The van der Waals surface area contributed by atoms with E-state index in [-0.39, 0.29) is 101 Å². The van der Waals surface area contributed by atoms with Crippen LogP contribution < -0.4 is 25.6 Å². The van der Waals surface area contributed by atoms with Gasteiger partial charge in [-0.1, -0.05) is 89.1 Å². The number of halogens is 2. The number of β-amino-alcohol motifs (C(OH)–C–C–N with tert-alkyl or cyclic N) is 1. The molecule has 5 N–H and O–H groups in total. The molecule has 0 saturated carbocycles. The highest BCUT2D eigenvalue weighted by Crippen LogP contribution is 2.40. The number of anilines is 1. The number of fused-ring (bicyclic) bond motifs is 4. The van der Waals surface area contributed by atoms with Crippen LogP contribution in [0, 0.1) is 36.3 Å². The minimum absolute atomic E-state index is 0.0121. The van der Waals surface area contributed by atoms with E-state index in [4.69, 9.17) is 16.1 Å².